The van der Waals surface area contributed by atoms with E-state index >= 15 is 0 Å². The van der Waals surface area contributed by atoms with Gasteiger partial charge in [0.15, 0.2) is 0 Å². The zero-order chi connectivity index (χ0) is 15.1. The van der Waals surface area contributed by atoms with Gasteiger partial charge in [0.25, 0.3) is 5.91 Å². The number of benzene rings is 1. The van der Waals surface area contributed by atoms with Gasteiger partial charge in [-0.25, -0.2) is 9.97 Å². The van der Waals surface area contributed by atoms with E-state index in [2.05, 4.69) is 43.5 Å². The quantitative estimate of drug-likeness (QED) is 0.784. The minimum atomic E-state index is -0.143. The van der Waals surface area contributed by atoms with Crippen LogP contribution in [0.15, 0.2) is 41.1 Å². The van der Waals surface area contributed by atoms with Crippen molar-refractivity contribution in [2.45, 2.75) is 19.8 Å². The Hall–Kier alpha value is -1.95. The van der Waals surface area contributed by atoms with E-state index in [4.69, 9.17) is 0 Å². The summed E-state index contributed by atoms with van der Waals surface area (Å²) in [6.07, 6.45) is 5.06. The summed E-state index contributed by atoms with van der Waals surface area (Å²) in [6, 6.07) is 7.69. The Bertz CT molecular complexity index is 601. The maximum Gasteiger partial charge on any atom is 0.254 e. The molecule has 0 radical (unpaired) electrons. The molecule has 0 aliphatic carbocycles. The molecule has 0 unspecified atom stereocenters. The van der Waals surface area contributed by atoms with Gasteiger partial charge in [-0.2, -0.15) is 0 Å². The number of carbonyl (C=O) groups is 1. The van der Waals surface area contributed by atoms with E-state index in [1.165, 1.54) is 12.4 Å². The first-order chi connectivity index (χ1) is 10.2. The van der Waals surface area contributed by atoms with Crippen LogP contribution in [0.3, 0.4) is 0 Å². The molecular formula is C15H17BrN4O. The topological polar surface area (TPSA) is 66.9 Å². The normalized spacial score (nSPS) is 10.2. The number of para-hydroxylation sites is 1. The minimum Gasteiger partial charge on any atom is -0.352 e. The second kappa shape index (κ2) is 7.73. The van der Waals surface area contributed by atoms with E-state index in [9.17, 15) is 4.79 Å². The number of rotatable bonds is 6. The highest BCUT2D eigenvalue weighted by atomic mass is 79.9. The average Bonchev–Trinajstić information content (AvgIpc) is 2.50. The van der Waals surface area contributed by atoms with Crippen LogP contribution in [0.4, 0.5) is 11.6 Å². The highest BCUT2D eigenvalue weighted by molar-refractivity contribution is 9.10. The Labute approximate surface area is 132 Å². The number of hydrogen-bond donors (Lipinski definition) is 2. The van der Waals surface area contributed by atoms with Crippen LogP contribution in [0.1, 0.15) is 30.1 Å². The lowest BCUT2D eigenvalue weighted by molar-refractivity contribution is 0.0952. The number of hydrogen-bond acceptors (Lipinski definition) is 4. The molecule has 1 aromatic heterocycles. The van der Waals surface area contributed by atoms with Crippen LogP contribution in [-0.4, -0.2) is 22.4 Å². The summed E-state index contributed by atoms with van der Waals surface area (Å²) < 4.78 is 0.926. The van der Waals surface area contributed by atoms with Crippen LogP contribution in [0.2, 0.25) is 0 Å². The zero-order valence-corrected chi connectivity index (χ0v) is 13.4. The second-order valence-electron chi connectivity index (χ2n) is 4.51. The number of halogens is 1. The highest BCUT2D eigenvalue weighted by Crippen LogP contribution is 2.23. The van der Waals surface area contributed by atoms with Crippen molar-refractivity contribution in [1.29, 1.82) is 0 Å². The molecule has 0 saturated heterocycles. The van der Waals surface area contributed by atoms with Crippen molar-refractivity contribution in [2.75, 3.05) is 11.9 Å². The highest BCUT2D eigenvalue weighted by Gasteiger charge is 2.07. The first-order valence-electron chi connectivity index (χ1n) is 6.82. The van der Waals surface area contributed by atoms with Gasteiger partial charge >= 0.3 is 0 Å². The van der Waals surface area contributed by atoms with Crippen LogP contribution >= 0.6 is 15.9 Å². The Morgan fingerprint density at radius 1 is 1.24 bits per heavy atom. The van der Waals surface area contributed by atoms with E-state index in [1.807, 2.05) is 24.3 Å². The maximum atomic E-state index is 11.8. The van der Waals surface area contributed by atoms with Crippen molar-refractivity contribution >= 4 is 33.5 Å². The van der Waals surface area contributed by atoms with Crippen LogP contribution < -0.4 is 10.6 Å². The fraction of sp³-hybridized carbons (Fsp3) is 0.267. The number of aromatic nitrogens is 2. The third-order valence-electron chi connectivity index (χ3n) is 2.85. The molecule has 21 heavy (non-hydrogen) atoms. The number of amides is 1. The van der Waals surface area contributed by atoms with E-state index < -0.39 is 0 Å². The first-order valence-corrected chi connectivity index (χ1v) is 7.62. The summed E-state index contributed by atoms with van der Waals surface area (Å²) in [5.41, 5.74) is 1.33. The Kier molecular flexibility index (Phi) is 5.68. The molecule has 1 aromatic carbocycles. The summed E-state index contributed by atoms with van der Waals surface area (Å²) >= 11 is 3.44. The van der Waals surface area contributed by atoms with E-state index in [0.717, 1.165) is 23.0 Å². The molecule has 2 N–H and O–H groups in total. The molecule has 0 fully saturated rings. The average molecular weight is 349 g/mol. The van der Waals surface area contributed by atoms with Gasteiger partial charge in [0.1, 0.15) is 0 Å². The van der Waals surface area contributed by atoms with E-state index in [1.54, 1.807) is 0 Å². The van der Waals surface area contributed by atoms with Crippen molar-refractivity contribution in [3.8, 4) is 0 Å². The predicted octanol–water partition coefficient (Wildman–Crippen LogP) is 3.51. The Balaban J connectivity index is 1.99. The standard InChI is InChI=1S/C15H17BrN4O/c1-2-3-8-17-14(21)11-9-18-15(19-10-11)20-13-7-5-4-6-12(13)16/h4-7,9-10H,2-3,8H2,1H3,(H,17,21)(H,18,19,20). The van der Waals surface area contributed by atoms with Crippen LogP contribution in [0.25, 0.3) is 0 Å². The molecule has 0 bridgehead atoms. The molecule has 0 atom stereocenters. The van der Waals surface area contributed by atoms with Gasteiger partial charge in [-0.05, 0) is 34.5 Å². The summed E-state index contributed by atoms with van der Waals surface area (Å²) in [4.78, 5) is 20.1. The van der Waals surface area contributed by atoms with E-state index in [0.29, 0.717) is 18.1 Å². The molecule has 2 aromatic rings. The SMILES string of the molecule is CCCCNC(=O)c1cnc(Nc2ccccc2Br)nc1. The molecule has 1 heterocycles. The molecule has 110 valence electrons. The van der Waals surface area contributed by atoms with Gasteiger partial charge in [0, 0.05) is 23.4 Å². The minimum absolute atomic E-state index is 0.143. The lowest BCUT2D eigenvalue weighted by atomic mass is 10.3. The molecule has 5 nitrogen and oxygen atoms in total. The molecule has 6 heteroatoms. The number of carbonyl (C=O) groups excluding carboxylic acids is 1. The number of anilines is 2. The summed E-state index contributed by atoms with van der Waals surface area (Å²) in [7, 11) is 0. The van der Waals surface area contributed by atoms with Crippen LogP contribution in [-0.2, 0) is 0 Å². The first kappa shape index (κ1) is 15.4. The molecule has 0 aliphatic heterocycles. The van der Waals surface area contributed by atoms with Gasteiger partial charge in [0.05, 0.1) is 11.3 Å². The Morgan fingerprint density at radius 2 is 1.95 bits per heavy atom. The van der Waals surface area contributed by atoms with Crippen molar-refractivity contribution in [2.24, 2.45) is 0 Å². The van der Waals surface area contributed by atoms with Crippen molar-refractivity contribution in [3.05, 3.63) is 46.7 Å². The van der Waals surface area contributed by atoms with Gasteiger partial charge in [-0.3, -0.25) is 4.79 Å². The molecule has 2 rings (SSSR count). The van der Waals surface area contributed by atoms with Gasteiger partial charge in [0.2, 0.25) is 5.95 Å². The monoisotopic (exact) mass is 348 g/mol. The Morgan fingerprint density at radius 3 is 2.62 bits per heavy atom. The van der Waals surface area contributed by atoms with Crippen molar-refractivity contribution < 1.29 is 4.79 Å². The third kappa shape index (κ3) is 4.53. The lowest BCUT2D eigenvalue weighted by Gasteiger charge is -2.07. The van der Waals surface area contributed by atoms with E-state index in [-0.39, 0.29) is 5.91 Å². The van der Waals surface area contributed by atoms with Crippen molar-refractivity contribution in [1.82, 2.24) is 15.3 Å². The smallest absolute Gasteiger partial charge is 0.254 e. The number of unbranched alkanes of at least 4 members (excludes halogenated alkanes) is 1. The predicted molar refractivity (Wildman–Crippen MR) is 86.7 cm³/mol. The fourth-order valence-corrected chi connectivity index (χ4v) is 2.06. The zero-order valence-electron chi connectivity index (χ0n) is 11.8. The largest absolute Gasteiger partial charge is 0.352 e. The number of nitrogens with one attached hydrogen (secondary N) is 2. The molecule has 0 spiro atoms. The molecule has 0 aliphatic rings. The molecule has 1 amide bonds. The summed E-state index contributed by atoms with van der Waals surface area (Å²) in [5, 5.41) is 5.92. The lowest BCUT2D eigenvalue weighted by Crippen LogP contribution is -2.24. The third-order valence-corrected chi connectivity index (χ3v) is 3.54. The van der Waals surface area contributed by atoms with Crippen LogP contribution in [0.5, 0.6) is 0 Å². The number of nitrogens with zero attached hydrogens (tertiary/aromatic N) is 2. The van der Waals surface area contributed by atoms with Gasteiger partial charge in [-0.1, -0.05) is 25.5 Å². The van der Waals surface area contributed by atoms with Gasteiger partial charge in [-0.15, -0.1) is 0 Å². The van der Waals surface area contributed by atoms with Crippen molar-refractivity contribution in [3.63, 3.8) is 0 Å². The maximum absolute atomic E-state index is 11.8. The summed E-state index contributed by atoms with van der Waals surface area (Å²) in [5.74, 6) is 0.308. The second-order valence-corrected chi connectivity index (χ2v) is 5.36. The fourth-order valence-electron chi connectivity index (χ4n) is 1.67. The molecule has 0 saturated carbocycles. The molecular weight excluding hydrogens is 332 g/mol. The summed E-state index contributed by atoms with van der Waals surface area (Å²) in [6.45, 7) is 2.75. The van der Waals surface area contributed by atoms with Gasteiger partial charge < -0.3 is 10.6 Å². The van der Waals surface area contributed by atoms with Crippen LogP contribution in [0, 0.1) is 0 Å².